The number of pyridine rings is 1. The normalized spacial score (nSPS) is 19.8. The monoisotopic (exact) mass is 270 g/mol. The summed E-state index contributed by atoms with van der Waals surface area (Å²) in [7, 11) is 0. The number of aromatic nitrogens is 1. The van der Waals surface area contributed by atoms with Crippen LogP contribution in [0, 0.1) is 0 Å². The smallest absolute Gasteiger partial charge is 0.140 e. The molecule has 0 aliphatic carbocycles. The van der Waals surface area contributed by atoms with Gasteiger partial charge in [0.2, 0.25) is 0 Å². The van der Waals surface area contributed by atoms with Crippen molar-refractivity contribution in [2.45, 2.75) is 31.9 Å². The fourth-order valence-corrected chi connectivity index (χ4v) is 2.25. The lowest BCUT2D eigenvalue weighted by Gasteiger charge is -2.35. The zero-order valence-electron chi connectivity index (χ0n) is 10.5. The molecule has 5 nitrogen and oxygen atoms in total. The number of hydrogen-bond donors (Lipinski definition) is 3. The van der Waals surface area contributed by atoms with Gasteiger partial charge in [-0.15, -0.1) is 0 Å². The Morgan fingerprint density at radius 2 is 2.17 bits per heavy atom. The standard InChI is InChI=1S/C12H19ClN4O/c1-12(18)4-6-17(7-5-12)8-10-9(13)2-3-11(15-10)16-14/h2-3,18H,4-8,14H2,1H3,(H,15,16). The average Bonchev–Trinajstić information content (AvgIpc) is 2.34. The highest BCUT2D eigenvalue weighted by Crippen LogP contribution is 2.24. The first-order chi connectivity index (χ1) is 8.50. The summed E-state index contributed by atoms with van der Waals surface area (Å²) in [5.74, 6) is 5.94. The molecule has 0 bridgehead atoms. The fourth-order valence-electron chi connectivity index (χ4n) is 2.08. The number of nitrogen functional groups attached to an aromatic ring is 1. The molecule has 0 saturated carbocycles. The molecule has 1 saturated heterocycles. The lowest BCUT2D eigenvalue weighted by Crippen LogP contribution is -2.42. The van der Waals surface area contributed by atoms with Gasteiger partial charge in [0.1, 0.15) is 5.82 Å². The summed E-state index contributed by atoms with van der Waals surface area (Å²) in [5.41, 5.74) is 2.80. The molecule has 2 rings (SSSR count). The SMILES string of the molecule is CC1(O)CCN(Cc2nc(NN)ccc2Cl)CC1. The summed E-state index contributed by atoms with van der Waals surface area (Å²) in [5, 5.41) is 10.5. The van der Waals surface area contributed by atoms with Crippen molar-refractivity contribution in [3.05, 3.63) is 22.8 Å². The van der Waals surface area contributed by atoms with Crippen molar-refractivity contribution in [3.63, 3.8) is 0 Å². The van der Waals surface area contributed by atoms with Crippen molar-refractivity contribution in [2.24, 2.45) is 5.84 Å². The molecule has 0 atom stereocenters. The Morgan fingerprint density at radius 1 is 1.50 bits per heavy atom. The first kappa shape index (κ1) is 13.5. The van der Waals surface area contributed by atoms with E-state index in [0.717, 1.165) is 31.6 Å². The van der Waals surface area contributed by atoms with Crippen LogP contribution in [0.25, 0.3) is 0 Å². The molecule has 0 aromatic carbocycles. The number of hydrazine groups is 1. The van der Waals surface area contributed by atoms with Gasteiger partial charge in [-0.2, -0.15) is 0 Å². The van der Waals surface area contributed by atoms with Gasteiger partial charge < -0.3 is 10.5 Å². The summed E-state index contributed by atoms with van der Waals surface area (Å²) in [4.78, 5) is 6.59. The van der Waals surface area contributed by atoms with Crippen LogP contribution in [0.3, 0.4) is 0 Å². The van der Waals surface area contributed by atoms with Crippen LogP contribution in [0.5, 0.6) is 0 Å². The molecular formula is C12H19ClN4O. The van der Waals surface area contributed by atoms with E-state index in [2.05, 4.69) is 15.3 Å². The molecule has 1 fully saturated rings. The number of aliphatic hydroxyl groups is 1. The Kier molecular flexibility index (Phi) is 4.07. The third kappa shape index (κ3) is 3.32. The van der Waals surface area contributed by atoms with Crippen molar-refractivity contribution >= 4 is 17.4 Å². The van der Waals surface area contributed by atoms with Gasteiger partial charge in [0.15, 0.2) is 0 Å². The molecule has 0 radical (unpaired) electrons. The minimum absolute atomic E-state index is 0.533. The Bertz CT molecular complexity index is 415. The molecule has 1 aromatic heterocycles. The van der Waals surface area contributed by atoms with Crippen LogP contribution in [0.15, 0.2) is 12.1 Å². The highest BCUT2D eigenvalue weighted by molar-refractivity contribution is 6.31. The number of piperidine rings is 1. The van der Waals surface area contributed by atoms with Gasteiger partial charge in [0, 0.05) is 19.6 Å². The Balaban J connectivity index is 2.01. The van der Waals surface area contributed by atoms with Crippen LogP contribution in [0.2, 0.25) is 5.02 Å². The average molecular weight is 271 g/mol. The minimum Gasteiger partial charge on any atom is -0.390 e. The summed E-state index contributed by atoms with van der Waals surface area (Å²) in [6.07, 6.45) is 1.55. The van der Waals surface area contributed by atoms with Crippen molar-refractivity contribution in [1.29, 1.82) is 0 Å². The highest BCUT2D eigenvalue weighted by Gasteiger charge is 2.27. The molecule has 2 heterocycles. The van der Waals surface area contributed by atoms with E-state index >= 15 is 0 Å². The molecule has 18 heavy (non-hydrogen) atoms. The van der Waals surface area contributed by atoms with E-state index < -0.39 is 5.60 Å². The quantitative estimate of drug-likeness (QED) is 0.571. The predicted octanol–water partition coefficient (Wildman–Crippen LogP) is 1.37. The highest BCUT2D eigenvalue weighted by atomic mass is 35.5. The van der Waals surface area contributed by atoms with Crippen LogP contribution in [-0.4, -0.2) is 33.7 Å². The number of nitrogens with two attached hydrogens (primary N) is 1. The van der Waals surface area contributed by atoms with E-state index in [0.29, 0.717) is 17.4 Å². The number of hydrogen-bond acceptors (Lipinski definition) is 5. The molecule has 6 heteroatoms. The van der Waals surface area contributed by atoms with Gasteiger partial charge in [0.25, 0.3) is 0 Å². The maximum absolute atomic E-state index is 9.90. The van der Waals surface area contributed by atoms with Gasteiger partial charge >= 0.3 is 0 Å². The van der Waals surface area contributed by atoms with Gasteiger partial charge in [-0.25, -0.2) is 10.8 Å². The van der Waals surface area contributed by atoms with E-state index in [1.54, 1.807) is 12.1 Å². The summed E-state index contributed by atoms with van der Waals surface area (Å²) >= 11 is 6.12. The molecule has 1 aliphatic heterocycles. The number of nitrogens with one attached hydrogen (secondary N) is 1. The Labute approximate surface area is 112 Å². The first-order valence-electron chi connectivity index (χ1n) is 6.07. The van der Waals surface area contributed by atoms with E-state index in [-0.39, 0.29) is 0 Å². The molecule has 0 amide bonds. The summed E-state index contributed by atoms with van der Waals surface area (Å²) < 4.78 is 0. The number of rotatable bonds is 3. The van der Waals surface area contributed by atoms with Gasteiger partial charge in [-0.3, -0.25) is 4.90 Å². The molecule has 100 valence electrons. The molecule has 4 N–H and O–H groups in total. The first-order valence-corrected chi connectivity index (χ1v) is 6.45. The largest absolute Gasteiger partial charge is 0.390 e. The van der Waals surface area contributed by atoms with E-state index in [1.165, 1.54) is 0 Å². The fraction of sp³-hybridized carbons (Fsp3) is 0.583. The van der Waals surface area contributed by atoms with E-state index in [4.69, 9.17) is 17.4 Å². The van der Waals surface area contributed by atoms with Crippen molar-refractivity contribution in [3.8, 4) is 0 Å². The molecule has 0 spiro atoms. The second-order valence-electron chi connectivity index (χ2n) is 5.04. The zero-order valence-corrected chi connectivity index (χ0v) is 11.2. The van der Waals surface area contributed by atoms with Crippen LogP contribution < -0.4 is 11.3 Å². The number of nitrogens with zero attached hydrogens (tertiary/aromatic N) is 2. The second-order valence-corrected chi connectivity index (χ2v) is 5.45. The lowest BCUT2D eigenvalue weighted by molar-refractivity contribution is -0.00755. The Morgan fingerprint density at radius 3 is 2.78 bits per heavy atom. The Hall–Kier alpha value is -0.880. The molecular weight excluding hydrogens is 252 g/mol. The van der Waals surface area contributed by atoms with Gasteiger partial charge in [-0.1, -0.05) is 11.6 Å². The van der Waals surface area contributed by atoms with Gasteiger partial charge in [0.05, 0.1) is 16.3 Å². The van der Waals surface area contributed by atoms with Crippen LogP contribution in [0.4, 0.5) is 5.82 Å². The summed E-state index contributed by atoms with van der Waals surface area (Å²) in [6.45, 7) is 4.27. The van der Waals surface area contributed by atoms with Crippen LogP contribution in [-0.2, 0) is 6.54 Å². The third-order valence-electron chi connectivity index (χ3n) is 3.37. The van der Waals surface area contributed by atoms with Crippen LogP contribution >= 0.6 is 11.6 Å². The van der Waals surface area contributed by atoms with Gasteiger partial charge in [-0.05, 0) is 31.9 Å². The molecule has 1 aliphatic rings. The third-order valence-corrected chi connectivity index (χ3v) is 3.72. The van der Waals surface area contributed by atoms with Crippen molar-refractivity contribution < 1.29 is 5.11 Å². The maximum Gasteiger partial charge on any atom is 0.140 e. The van der Waals surface area contributed by atoms with E-state index in [9.17, 15) is 5.11 Å². The maximum atomic E-state index is 9.90. The minimum atomic E-state index is -0.533. The zero-order chi connectivity index (χ0) is 13.2. The number of halogens is 1. The number of anilines is 1. The van der Waals surface area contributed by atoms with Crippen LogP contribution in [0.1, 0.15) is 25.5 Å². The predicted molar refractivity (Wildman–Crippen MR) is 72.2 cm³/mol. The lowest BCUT2D eigenvalue weighted by atomic mass is 9.94. The molecule has 1 aromatic rings. The van der Waals surface area contributed by atoms with E-state index in [1.807, 2.05) is 6.92 Å². The number of likely N-dealkylation sites (tertiary alicyclic amines) is 1. The topological polar surface area (TPSA) is 74.4 Å². The van der Waals surface area contributed by atoms with Crippen molar-refractivity contribution in [2.75, 3.05) is 18.5 Å². The van der Waals surface area contributed by atoms with Crippen molar-refractivity contribution in [1.82, 2.24) is 9.88 Å². The molecule has 0 unspecified atom stereocenters. The second kappa shape index (κ2) is 5.40. The summed E-state index contributed by atoms with van der Waals surface area (Å²) in [6, 6.07) is 3.53.